The standard InChI is InChI=1S/C24H30N4O5/c1-15(29)22(24(32)27-33)26-23(31)20-9-7-19(8-10-20)18-5-3-17(4-6-18)13-28-12-11-21(14-28)25-16(2)30/h3-10,15,21-22,29,33H,11-14H2,1-2H3,(H,25,30)(H,26,31)(H,27,32)/t15-,21+,22+/m1/s1. The van der Waals surface area contributed by atoms with Gasteiger partial charge in [0.2, 0.25) is 5.91 Å². The van der Waals surface area contributed by atoms with Crippen molar-refractivity contribution in [1.29, 1.82) is 0 Å². The minimum absolute atomic E-state index is 0.00753. The fourth-order valence-corrected chi connectivity index (χ4v) is 3.96. The molecule has 0 bridgehead atoms. The molecule has 0 unspecified atom stereocenters. The fraction of sp³-hybridized carbons (Fsp3) is 0.375. The molecule has 2 aromatic rings. The van der Waals surface area contributed by atoms with Gasteiger partial charge in [0.15, 0.2) is 0 Å². The lowest BCUT2D eigenvalue weighted by atomic mass is 10.0. The lowest BCUT2D eigenvalue weighted by Crippen LogP contribution is -2.51. The van der Waals surface area contributed by atoms with Crippen molar-refractivity contribution in [3.05, 3.63) is 59.7 Å². The summed E-state index contributed by atoms with van der Waals surface area (Å²) in [7, 11) is 0. The Morgan fingerprint density at radius 2 is 1.67 bits per heavy atom. The van der Waals surface area contributed by atoms with Crippen LogP contribution in [0.5, 0.6) is 0 Å². The highest BCUT2D eigenvalue weighted by atomic mass is 16.5. The minimum Gasteiger partial charge on any atom is -0.391 e. The van der Waals surface area contributed by atoms with Gasteiger partial charge in [-0.1, -0.05) is 36.4 Å². The highest BCUT2D eigenvalue weighted by Gasteiger charge is 2.26. The molecule has 3 amide bonds. The Morgan fingerprint density at radius 3 is 2.21 bits per heavy atom. The summed E-state index contributed by atoms with van der Waals surface area (Å²) in [6.45, 7) is 5.51. The summed E-state index contributed by atoms with van der Waals surface area (Å²) < 4.78 is 0. The molecule has 0 radical (unpaired) electrons. The molecule has 3 rings (SSSR count). The molecule has 2 aromatic carbocycles. The molecule has 0 aliphatic carbocycles. The van der Waals surface area contributed by atoms with Crippen LogP contribution < -0.4 is 16.1 Å². The number of nitrogens with one attached hydrogen (secondary N) is 3. The third-order valence-electron chi connectivity index (χ3n) is 5.68. The van der Waals surface area contributed by atoms with E-state index in [2.05, 4.69) is 27.7 Å². The first-order chi connectivity index (χ1) is 15.8. The Hall–Kier alpha value is -3.27. The van der Waals surface area contributed by atoms with Gasteiger partial charge in [0, 0.05) is 38.2 Å². The Morgan fingerprint density at radius 1 is 1.06 bits per heavy atom. The molecule has 1 aliphatic rings. The molecule has 1 fully saturated rings. The van der Waals surface area contributed by atoms with Crippen molar-refractivity contribution in [2.45, 2.75) is 45.0 Å². The van der Waals surface area contributed by atoms with Crippen LogP contribution in [-0.2, 0) is 16.1 Å². The summed E-state index contributed by atoms with van der Waals surface area (Å²) in [6, 6.07) is 14.1. The van der Waals surface area contributed by atoms with Crippen LogP contribution in [0.25, 0.3) is 11.1 Å². The van der Waals surface area contributed by atoms with Crippen LogP contribution in [0, 0.1) is 0 Å². The zero-order valence-electron chi connectivity index (χ0n) is 18.7. The highest BCUT2D eigenvalue weighted by molar-refractivity contribution is 5.97. The van der Waals surface area contributed by atoms with E-state index >= 15 is 0 Å². The van der Waals surface area contributed by atoms with Crippen LogP contribution in [0.3, 0.4) is 0 Å². The van der Waals surface area contributed by atoms with Gasteiger partial charge in [-0.15, -0.1) is 0 Å². The van der Waals surface area contributed by atoms with E-state index in [-0.39, 0.29) is 11.9 Å². The smallest absolute Gasteiger partial charge is 0.268 e. The van der Waals surface area contributed by atoms with Crippen molar-refractivity contribution in [3.8, 4) is 11.1 Å². The number of carbonyl (C=O) groups excluding carboxylic acids is 3. The van der Waals surface area contributed by atoms with E-state index in [1.165, 1.54) is 18.0 Å². The van der Waals surface area contributed by atoms with Crippen molar-refractivity contribution >= 4 is 17.7 Å². The molecule has 3 atom stereocenters. The van der Waals surface area contributed by atoms with E-state index in [4.69, 9.17) is 5.21 Å². The van der Waals surface area contributed by atoms with Crippen LogP contribution in [0.15, 0.2) is 48.5 Å². The Kier molecular flexibility index (Phi) is 8.16. The van der Waals surface area contributed by atoms with Crippen LogP contribution in [0.1, 0.15) is 36.2 Å². The van der Waals surface area contributed by atoms with Crippen LogP contribution in [-0.4, -0.2) is 64.2 Å². The van der Waals surface area contributed by atoms with Crippen LogP contribution >= 0.6 is 0 Å². The molecule has 176 valence electrons. The number of hydrogen-bond acceptors (Lipinski definition) is 6. The van der Waals surface area contributed by atoms with Gasteiger partial charge >= 0.3 is 0 Å². The van der Waals surface area contributed by atoms with E-state index in [1.807, 2.05) is 24.3 Å². The number of aliphatic hydroxyl groups is 1. The van der Waals surface area contributed by atoms with Gasteiger partial charge < -0.3 is 15.7 Å². The maximum atomic E-state index is 12.4. The van der Waals surface area contributed by atoms with Gasteiger partial charge in [-0.2, -0.15) is 0 Å². The van der Waals surface area contributed by atoms with Crippen LogP contribution in [0.4, 0.5) is 0 Å². The average Bonchev–Trinajstić information content (AvgIpc) is 3.23. The molecule has 0 spiro atoms. The molecule has 0 aromatic heterocycles. The Bertz CT molecular complexity index is 975. The first-order valence-corrected chi connectivity index (χ1v) is 10.9. The number of amides is 3. The summed E-state index contributed by atoms with van der Waals surface area (Å²) >= 11 is 0. The fourth-order valence-electron chi connectivity index (χ4n) is 3.96. The predicted molar refractivity (Wildman–Crippen MR) is 122 cm³/mol. The molecular weight excluding hydrogens is 424 g/mol. The Balaban J connectivity index is 1.59. The maximum absolute atomic E-state index is 12.4. The number of likely N-dealkylation sites (tertiary alicyclic amines) is 1. The van der Waals surface area contributed by atoms with Crippen molar-refractivity contribution in [2.75, 3.05) is 13.1 Å². The van der Waals surface area contributed by atoms with E-state index in [9.17, 15) is 19.5 Å². The van der Waals surface area contributed by atoms with E-state index in [0.29, 0.717) is 5.56 Å². The molecule has 9 nitrogen and oxygen atoms in total. The predicted octanol–water partition coefficient (Wildman–Crippen LogP) is 1.05. The average molecular weight is 455 g/mol. The SMILES string of the molecule is CC(=O)N[C@H]1CCN(Cc2ccc(-c3ccc(C(=O)N[C@H](C(=O)NO)[C@@H](C)O)cc3)cc2)C1. The number of hydroxylamine groups is 1. The van der Waals surface area contributed by atoms with Crippen molar-refractivity contribution in [2.24, 2.45) is 0 Å². The molecule has 1 heterocycles. The van der Waals surface area contributed by atoms with E-state index in [1.54, 1.807) is 19.1 Å². The van der Waals surface area contributed by atoms with Gasteiger partial charge in [0.05, 0.1) is 6.10 Å². The highest BCUT2D eigenvalue weighted by Crippen LogP contribution is 2.22. The summed E-state index contributed by atoms with van der Waals surface area (Å²) in [5, 5.41) is 23.8. The van der Waals surface area contributed by atoms with Crippen molar-refractivity contribution in [3.63, 3.8) is 0 Å². The second-order valence-electron chi connectivity index (χ2n) is 8.36. The van der Waals surface area contributed by atoms with Crippen molar-refractivity contribution in [1.82, 2.24) is 21.0 Å². The molecular formula is C24H30N4O5. The molecule has 5 N–H and O–H groups in total. The lowest BCUT2D eigenvalue weighted by Gasteiger charge is -2.19. The molecule has 1 saturated heterocycles. The quantitative estimate of drug-likeness (QED) is 0.299. The molecule has 1 aliphatic heterocycles. The molecule has 33 heavy (non-hydrogen) atoms. The topological polar surface area (TPSA) is 131 Å². The number of rotatable bonds is 8. The summed E-state index contributed by atoms with van der Waals surface area (Å²) in [6.07, 6.45) is -0.212. The van der Waals surface area contributed by atoms with E-state index < -0.39 is 24.0 Å². The zero-order valence-corrected chi connectivity index (χ0v) is 18.7. The normalized spacial score (nSPS) is 17.8. The maximum Gasteiger partial charge on any atom is 0.268 e. The van der Waals surface area contributed by atoms with Crippen molar-refractivity contribution < 1.29 is 24.7 Å². The monoisotopic (exact) mass is 454 g/mol. The summed E-state index contributed by atoms with van der Waals surface area (Å²) in [4.78, 5) is 37.5. The van der Waals surface area contributed by atoms with Gasteiger partial charge in [0.1, 0.15) is 6.04 Å². The van der Waals surface area contributed by atoms with Gasteiger partial charge in [-0.3, -0.25) is 24.5 Å². The molecule has 0 saturated carbocycles. The first-order valence-electron chi connectivity index (χ1n) is 10.9. The van der Waals surface area contributed by atoms with Crippen LogP contribution in [0.2, 0.25) is 0 Å². The molecule has 9 heteroatoms. The number of benzene rings is 2. The second-order valence-corrected chi connectivity index (χ2v) is 8.36. The second kappa shape index (κ2) is 11.0. The van der Waals surface area contributed by atoms with Gasteiger partial charge in [-0.05, 0) is 42.2 Å². The third-order valence-corrected chi connectivity index (χ3v) is 5.68. The minimum atomic E-state index is -1.26. The van der Waals surface area contributed by atoms with E-state index in [0.717, 1.165) is 37.2 Å². The third kappa shape index (κ3) is 6.61. The lowest BCUT2D eigenvalue weighted by molar-refractivity contribution is -0.133. The van der Waals surface area contributed by atoms with Gasteiger partial charge in [0.25, 0.3) is 11.8 Å². The van der Waals surface area contributed by atoms with Gasteiger partial charge in [-0.25, -0.2) is 5.48 Å². The summed E-state index contributed by atoms with van der Waals surface area (Å²) in [5.74, 6) is -1.42. The number of aliphatic hydroxyl groups excluding tert-OH is 1. The summed E-state index contributed by atoms with van der Waals surface area (Å²) in [5.41, 5.74) is 4.89. The first kappa shape index (κ1) is 24.4. The number of hydrogen-bond donors (Lipinski definition) is 5. The number of carbonyl (C=O) groups is 3. The number of nitrogens with zero attached hydrogens (tertiary/aromatic N) is 1. The Labute approximate surface area is 192 Å². The zero-order chi connectivity index (χ0) is 24.0. The largest absolute Gasteiger partial charge is 0.391 e.